The van der Waals surface area contributed by atoms with Crippen LogP contribution in [0.4, 0.5) is 8.78 Å². The Hall–Kier alpha value is -2.74. The molecule has 0 atom stereocenters. The van der Waals surface area contributed by atoms with Gasteiger partial charge in [0.25, 0.3) is 0 Å². The molecule has 1 aromatic heterocycles. The van der Waals surface area contributed by atoms with Crippen LogP contribution in [0.3, 0.4) is 0 Å². The Labute approximate surface area is 165 Å². The predicted octanol–water partition coefficient (Wildman–Crippen LogP) is 3.45. The van der Waals surface area contributed by atoms with Gasteiger partial charge in [-0.05, 0) is 35.6 Å². The molecular weight excluding hydrogens is 386 g/mol. The number of rotatable bonds is 7. The molecule has 1 aliphatic rings. The molecule has 2 aromatic rings. The van der Waals surface area contributed by atoms with E-state index in [1.54, 1.807) is 34.4 Å². The van der Waals surface area contributed by atoms with Crippen molar-refractivity contribution in [3.05, 3.63) is 57.8 Å². The third-order valence-corrected chi connectivity index (χ3v) is 5.37. The lowest BCUT2D eigenvalue weighted by molar-refractivity contribution is -0.132. The van der Waals surface area contributed by atoms with E-state index in [0.717, 1.165) is 6.42 Å². The summed E-state index contributed by atoms with van der Waals surface area (Å²) in [7, 11) is 0. The number of nitrogens with zero attached hydrogens (tertiary/aromatic N) is 1. The maximum Gasteiger partial charge on any atom is 0.387 e. The Kier molecular flexibility index (Phi) is 6.76. The van der Waals surface area contributed by atoms with Crippen molar-refractivity contribution in [2.45, 2.75) is 26.0 Å². The number of para-hydroxylation sites is 1. The number of carbonyl (C=O) groups is 2. The molecule has 0 unspecified atom stereocenters. The van der Waals surface area contributed by atoms with E-state index in [2.05, 4.69) is 10.1 Å². The first-order valence-electron chi connectivity index (χ1n) is 8.85. The molecule has 1 N–H and O–H groups in total. The summed E-state index contributed by atoms with van der Waals surface area (Å²) in [6.07, 6.45) is 3.71. The molecular formula is C20H20F2N2O3S. The molecule has 2 amide bonds. The number of ether oxygens (including phenoxy) is 1. The van der Waals surface area contributed by atoms with Gasteiger partial charge >= 0.3 is 6.61 Å². The lowest BCUT2D eigenvalue weighted by atomic mass is 10.1. The molecule has 0 saturated heterocycles. The first-order chi connectivity index (χ1) is 13.5. The second kappa shape index (κ2) is 9.45. The summed E-state index contributed by atoms with van der Waals surface area (Å²) in [5, 5.41) is 4.67. The summed E-state index contributed by atoms with van der Waals surface area (Å²) < 4.78 is 29.2. The average Bonchev–Trinajstić information content (AvgIpc) is 3.14. The number of amides is 2. The van der Waals surface area contributed by atoms with Crippen LogP contribution in [0, 0.1) is 0 Å². The zero-order chi connectivity index (χ0) is 19.9. The molecule has 0 bridgehead atoms. The van der Waals surface area contributed by atoms with Gasteiger partial charge in [-0.2, -0.15) is 8.78 Å². The van der Waals surface area contributed by atoms with E-state index in [1.165, 1.54) is 28.7 Å². The largest absolute Gasteiger partial charge is 0.434 e. The molecule has 2 heterocycles. The third kappa shape index (κ3) is 5.39. The van der Waals surface area contributed by atoms with Crippen LogP contribution >= 0.6 is 11.3 Å². The molecule has 8 heteroatoms. The molecule has 28 heavy (non-hydrogen) atoms. The van der Waals surface area contributed by atoms with Gasteiger partial charge in [0.1, 0.15) is 5.75 Å². The van der Waals surface area contributed by atoms with Crippen molar-refractivity contribution in [2.75, 3.05) is 13.1 Å². The average molecular weight is 406 g/mol. The minimum absolute atomic E-state index is 0.00295. The molecule has 0 saturated carbocycles. The van der Waals surface area contributed by atoms with Gasteiger partial charge in [0, 0.05) is 42.6 Å². The first kappa shape index (κ1) is 20.0. The summed E-state index contributed by atoms with van der Waals surface area (Å²) in [6.45, 7) is -1.41. The molecule has 0 radical (unpaired) electrons. The summed E-state index contributed by atoms with van der Waals surface area (Å²) >= 11 is 1.72. The highest BCUT2D eigenvalue weighted by molar-refractivity contribution is 7.10. The smallest absolute Gasteiger partial charge is 0.387 e. The molecule has 1 aliphatic heterocycles. The summed E-state index contributed by atoms with van der Waals surface area (Å²) in [4.78, 5) is 27.4. The van der Waals surface area contributed by atoms with Gasteiger partial charge in [-0.1, -0.05) is 18.2 Å². The Balaban J connectivity index is 1.45. The number of hydrogen-bond donors (Lipinski definition) is 1. The Morgan fingerprint density at radius 3 is 2.93 bits per heavy atom. The lowest BCUT2D eigenvalue weighted by Crippen LogP contribution is -2.37. The molecule has 3 rings (SSSR count). The van der Waals surface area contributed by atoms with E-state index in [4.69, 9.17) is 0 Å². The van der Waals surface area contributed by atoms with E-state index in [-0.39, 0.29) is 24.6 Å². The maximum absolute atomic E-state index is 12.4. The normalized spacial score (nSPS) is 13.6. The van der Waals surface area contributed by atoms with Gasteiger partial charge in [-0.3, -0.25) is 9.59 Å². The Morgan fingerprint density at radius 2 is 2.11 bits per heavy atom. The fourth-order valence-corrected chi connectivity index (χ4v) is 3.85. The van der Waals surface area contributed by atoms with Gasteiger partial charge < -0.3 is 15.0 Å². The van der Waals surface area contributed by atoms with E-state index in [0.29, 0.717) is 18.7 Å². The van der Waals surface area contributed by atoms with E-state index >= 15 is 0 Å². The van der Waals surface area contributed by atoms with Gasteiger partial charge in [0.15, 0.2) is 0 Å². The van der Waals surface area contributed by atoms with Crippen LogP contribution in [0.25, 0.3) is 6.08 Å². The van der Waals surface area contributed by atoms with E-state index in [1.807, 2.05) is 11.4 Å². The highest BCUT2D eigenvalue weighted by atomic mass is 32.1. The van der Waals surface area contributed by atoms with E-state index in [9.17, 15) is 18.4 Å². The molecule has 148 valence electrons. The van der Waals surface area contributed by atoms with Gasteiger partial charge in [0.05, 0.1) is 0 Å². The van der Waals surface area contributed by atoms with Crippen LogP contribution in [-0.2, 0) is 22.6 Å². The standard InChI is InChI=1S/C20H20F2N2O3S/c21-20(22)27-16-4-2-1-3-14(16)5-6-18(25)23-10-7-19(26)24-11-8-17-15(13-24)9-12-28-17/h1-6,9,12,20H,7-8,10-11,13H2,(H,23,25)/b6-5-. The molecule has 1 aromatic carbocycles. The number of carbonyl (C=O) groups excluding carboxylic acids is 2. The molecule has 5 nitrogen and oxygen atoms in total. The SMILES string of the molecule is O=C(/C=C\c1ccccc1OC(F)F)NCCC(=O)N1CCc2sccc2C1. The van der Waals surface area contributed by atoms with Crippen molar-refractivity contribution in [2.24, 2.45) is 0 Å². The predicted molar refractivity (Wildman–Crippen MR) is 103 cm³/mol. The zero-order valence-corrected chi connectivity index (χ0v) is 15.9. The van der Waals surface area contributed by atoms with Crippen molar-refractivity contribution < 1.29 is 23.1 Å². The fourth-order valence-electron chi connectivity index (χ4n) is 2.96. The minimum Gasteiger partial charge on any atom is -0.434 e. The fraction of sp³-hybridized carbons (Fsp3) is 0.300. The van der Waals surface area contributed by atoms with Crippen LogP contribution in [0.2, 0.25) is 0 Å². The number of fused-ring (bicyclic) bond motifs is 1. The van der Waals surface area contributed by atoms with Crippen LogP contribution < -0.4 is 10.1 Å². The van der Waals surface area contributed by atoms with Crippen LogP contribution in [0.1, 0.15) is 22.4 Å². The number of halogens is 2. The van der Waals surface area contributed by atoms with Crippen LogP contribution in [0.15, 0.2) is 41.8 Å². The number of benzene rings is 1. The van der Waals surface area contributed by atoms with Gasteiger partial charge in [-0.25, -0.2) is 0 Å². The zero-order valence-electron chi connectivity index (χ0n) is 15.1. The summed E-state index contributed by atoms with van der Waals surface area (Å²) in [5.74, 6) is -0.412. The minimum atomic E-state index is -2.94. The highest BCUT2D eigenvalue weighted by Crippen LogP contribution is 2.24. The van der Waals surface area contributed by atoms with Crippen molar-refractivity contribution in [1.82, 2.24) is 10.2 Å². The monoisotopic (exact) mass is 406 g/mol. The van der Waals surface area contributed by atoms with Crippen LogP contribution in [-0.4, -0.2) is 36.4 Å². The van der Waals surface area contributed by atoms with Crippen molar-refractivity contribution >= 4 is 29.2 Å². The van der Waals surface area contributed by atoms with Crippen molar-refractivity contribution in [1.29, 1.82) is 0 Å². The first-order valence-corrected chi connectivity index (χ1v) is 9.73. The van der Waals surface area contributed by atoms with Crippen molar-refractivity contribution in [3.8, 4) is 5.75 Å². The van der Waals surface area contributed by atoms with E-state index < -0.39 is 12.5 Å². The quantitative estimate of drug-likeness (QED) is 0.717. The lowest BCUT2D eigenvalue weighted by Gasteiger charge is -2.27. The second-order valence-electron chi connectivity index (χ2n) is 6.22. The maximum atomic E-state index is 12.4. The Bertz CT molecular complexity index is 867. The third-order valence-electron chi connectivity index (χ3n) is 4.35. The summed E-state index contributed by atoms with van der Waals surface area (Å²) in [5.41, 5.74) is 1.56. The van der Waals surface area contributed by atoms with Gasteiger partial charge in [-0.15, -0.1) is 11.3 Å². The van der Waals surface area contributed by atoms with Crippen molar-refractivity contribution in [3.63, 3.8) is 0 Å². The Morgan fingerprint density at radius 1 is 1.29 bits per heavy atom. The van der Waals surface area contributed by atoms with Crippen LogP contribution in [0.5, 0.6) is 5.75 Å². The number of nitrogens with one attached hydrogen (secondary N) is 1. The highest BCUT2D eigenvalue weighted by Gasteiger charge is 2.21. The summed E-state index contributed by atoms with van der Waals surface area (Å²) in [6, 6.07) is 8.24. The number of alkyl halides is 2. The molecule has 0 fully saturated rings. The molecule has 0 spiro atoms. The second-order valence-corrected chi connectivity index (χ2v) is 7.23. The van der Waals surface area contributed by atoms with Gasteiger partial charge in [0.2, 0.25) is 11.8 Å². The molecule has 0 aliphatic carbocycles. The number of hydrogen-bond acceptors (Lipinski definition) is 4. The number of thiophene rings is 1. The topological polar surface area (TPSA) is 58.6 Å².